The minimum Gasteiger partial charge on any atom is -0.467 e. The van der Waals surface area contributed by atoms with Crippen molar-refractivity contribution in [2.24, 2.45) is 0 Å². The second-order valence-corrected chi connectivity index (χ2v) is 8.40. The van der Waals surface area contributed by atoms with Gasteiger partial charge in [-0.1, -0.05) is 24.3 Å². The highest BCUT2D eigenvalue weighted by molar-refractivity contribution is 5.98. The molecule has 0 aliphatic carbocycles. The fourth-order valence-electron chi connectivity index (χ4n) is 4.06. The van der Waals surface area contributed by atoms with Gasteiger partial charge in [-0.2, -0.15) is 0 Å². The molecule has 0 atom stereocenters. The van der Waals surface area contributed by atoms with Crippen LogP contribution in [0.15, 0.2) is 105 Å². The van der Waals surface area contributed by atoms with E-state index in [-0.39, 0.29) is 28.7 Å². The third kappa shape index (κ3) is 5.00. The zero-order valence-corrected chi connectivity index (χ0v) is 19.9. The van der Waals surface area contributed by atoms with Gasteiger partial charge in [-0.05, 0) is 60.7 Å². The van der Waals surface area contributed by atoms with E-state index in [4.69, 9.17) is 4.42 Å². The summed E-state index contributed by atoms with van der Waals surface area (Å²) in [4.78, 5) is 52.7. The van der Waals surface area contributed by atoms with Crippen LogP contribution in [0.4, 0.5) is 10.1 Å². The van der Waals surface area contributed by atoms with Gasteiger partial charge in [0.05, 0.1) is 29.4 Å². The van der Waals surface area contributed by atoms with E-state index in [1.54, 1.807) is 42.5 Å². The number of nitrogens with one attached hydrogen (secondary N) is 2. The lowest BCUT2D eigenvalue weighted by Crippen LogP contribution is -2.41. The molecule has 3 aromatic carbocycles. The molecule has 9 nitrogen and oxygen atoms in total. The number of fused-ring (bicyclic) bond motifs is 1. The maximum absolute atomic E-state index is 13.6. The standard InChI is InChI=1S/C28H21FN4O5/c29-19-6-4-7-20(15-19)31-25(34)17-32-24-14-18(26(35)30-16-22-10-5-13-38-22)11-12-23(24)27(36)33(28(32)37)21-8-2-1-3-9-21/h1-15H,16-17H2,(H,30,35)(H,31,34). The smallest absolute Gasteiger partial charge is 0.336 e. The van der Waals surface area contributed by atoms with Gasteiger partial charge in [0.15, 0.2) is 0 Å². The molecule has 0 spiro atoms. The van der Waals surface area contributed by atoms with Crippen molar-refractivity contribution in [1.82, 2.24) is 14.5 Å². The summed E-state index contributed by atoms with van der Waals surface area (Å²) in [6.45, 7) is -0.348. The highest BCUT2D eigenvalue weighted by atomic mass is 19.1. The Morgan fingerprint density at radius 3 is 2.45 bits per heavy atom. The molecule has 0 radical (unpaired) electrons. The topological polar surface area (TPSA) is 115 Å². The van der Waals surface area contributed by atoms with Crippen molar-refractivity contribution in [1.29, 1.82) is 0 Å². The van der Waals surface area contributed by atoms with Gasteiger partial charge < -0.3 is 15.1 Å². The van der Waals surface area contributed by atoms with Gasteiger partial charge in [-0.25, -0.2) is 13.8 Å². The predicted octanol–water partition coefficient (Wildman–Crippen LogP) is 3.45. The molecular weight excluding hydrogens is 491 g/mol. The summed E-state index contributed by atoms with van der Waals surface area (Å²) in [5.74, 6) is -1.06. The monoisotopic (exact) mass is 512 g/mol. The highest BCUT2D eigenvalue weighted by Gasteiger charge is 2.19. The van der Waals surface area contributed by atoms with Crippen LogP contribution in [0.5, 0.6) is 0 Å². The molecule has 0 fully saturated rings. The largest absolute Gasteiger partial charge is 0.467 e. The first-order valence-corrected chi connectivity index (χ1v) is 11.6. The fourth-order valence-corrected chi connectivity index (χ4v) is 4.06. The number of nitrogens with zero attached hydrogens (tertiary/aromatic N) is 2. The van der Waals surface area contributed by atoms with Crippen LogP contribution in [0, 0.1) is 5.82 Å². The van der Waals surface area contributed by atoms with E-state index < -0.39 is 35.4 Å². The van der Waals surface area contributed by atoms with Crippen molar-refractivity contribution in [3.63, 3.8) is 0 Å². The Labute approximate surface area is 214 Å². The minimum absolute atomic E-state index is 0.104. The zero-order chi connectivity index (χ0) is 26.6. The molecule has 5 rings (SSSR count). The summed E-state index contributed by atoms with van der Waals surface area (Å²) in [6, 6.07) is 21.3. The summed E-state index contributed by atoms with van der Waals surface area (Å²) in [5.41, 5.74) is -0.547. The molecule has 0 bridgehead atoms. The number of rotatable bonds is 7. The van der Waals surface area contributed by atoms with Crippen molar-refractivity contribution in [2.45, 2.75) is 13.1 Å². The van der Waals surface area contributed by atoms with E-state index in [0.717, 1.165) is 15.2 Å². The van der Waals surface area contributed by atoms with Crippen LogP contribution in [0.2, 0.25) is 0 Å². The van der Waals surface area contributed by atoms with E-state index in [1.807, 2.05) is 0 Å². The number of hydrogen-bond donors (Lipinski definition) is 2. The lowest BCUT2D eigenvalue weighted by Gasteiger charge is -2.15. The Bertz CT molecular complexity index is 1760. The predicted molar refractivity (Wildman–Crippen MR) is 139 cm³/mol. The lowest BCUT2D eigenvalue weighted by atomic mass is 10.1. The molecule has 10 heteroatoms. The molecule has 0 saturated carbocycles. The molecule has 2 aromatic heterocycles. The zero-order valence-electron chi connectivity index (χ0n) is 19.9. The SMILES string of the molecule is O=C(Cn1c(=O)n(-c2ccccc2)c(=O)c2ccc(C(=O)NCc3ccco3)cc21)Nc1cccc(F)c1. The van der Waals surface area contributed by atoms with Gasteiger partial charge in [-0.15, -0.1) is 0 Å². The average Bonchev–Trinajstić information content (AvgIpc) is 3.44. The van der Waals surface area contributed by atoms with Crippen molar-refractivity contribution in [2.75, 3.05) is 5.32 Å². The molecule has 38 heavy (non-hydrogen) atoms. The van der Waals surface area contributed by atoms with E-state index in [9.17, 15) is 23.6 Å². The van der Waals surface area contributed by atoms with Crippen LogP contribution >= 0.6 is 0 Å². The Morgan fingerprint density at radius 2 is 1.71 bits per heavy atom. The summed E-state index contributed by atoms with van der Waals surface area (Å²) >= 11 is 0. The molecule has 190 valence electrons. The quantitative estimate of drug-likeness (QED) is 0.347. The molecule has 0 aliphatic rings. The summed E-state index contributed by atoms with van der Waals surface area (Å²) in [6.07, 6.45) is 1.49. The van der Waals surface area contributed by atoms with E-state index in [1.165, 1.54) is 42.7 Å². The van der Waals surface area contributed by atoms with Gasteiger partial charge in [0.2, 0.25) is 5.91 Å². The second-order valence-electron chi connectivity index (χ2n) is 8.40. The van der Waals surface area contributed by atoms with Crippen LogP contribution < -0.4 is 21.9 Å². The molecule has 2 heterocycles. The molecule has 0 aliphatic heterocycles. The normalized spacial score (nSPS) is 10.9. The fraction of sp³-hybridized carbons (Fsp3) is 0.0714. The molecule has 0 saturated heterocycles. The number of carbonyl (C=O) groups excluding carboxylic acids is 2. The number of hydrogen-bond acceptors (Lipinski definition) is 5. The first-order valence-electron chi connectivity index (χ1n) is 11.6. The van der Waals surface area contributed by atoms with Crippen molar-refractivity contribution >= 4 is 28.4 Å². The van der Waals surface area contributed by atoms with Gasteiger partial charge >= 0.3 is 5.69 Å². The van der Waals surface area contributed by atoms with Crippen molar-refractivity contribution < 1.29 is 18.4 Å². The number of furan rings is 1. The van der Waals surface area contributed by atoms with Crippen molar-refractivity contribution in [3.05, 3.63) is 129 Å². The van der Waals surface area contributed by atoms with Crippen LogP contribution in [0.25, 0.3) is 16.6 Å². The van der Waals surface area contributed by atoms with Crippen LogP contribution in [-0.2, 0) is 17.9 Å². The number of benzene rings is 3. The Kier molecular flexibility index (Phi) is 6.68. The number of amides is 2. The number of para-hydroxylation sites is 1. The summed E-state index contributed by atoms with van der Waals surface area (Å²) < 4.78 is 20.9. The Hall–Kier alpha value is -5.25. The molecule has 5 aromatic rings. The number of carbonyl (C=O) groups is 2. The third-order valence-electron chi connectivity index (χ3n) is 5.83. The second kappa shape index (κ2) is 10.4. The van der Waals surface area contributed by atoms with Crippen molar-refractivity contribution in [3.8, 4) is 5.69 Å². The number of aromatic nitrogens is 2. The van der Waals surface area contributed by atoms with Crippen LogP contribution in [0.1, 0.15) is 16.1 Å². The lowest BCUT2D eigenvalue weighted by molar-refractivity contribution is -0.116. The molecular formula is C28H21FN4O5. The molecule has 2 N–H and O–H groups in total. The first kappa shape index (κ1) is 24.4. The third-order valence-corrected chi connectivity index (χ3v) is 5.83. The van der Waals surface area contributed by atoms with E-state index in [2.05, 4.69) is 10.6 Å². The Balaban J connectivity index is 1.58. The van der Waals surface area contributed by atoms with E-state index >= 15 is 0 Å². The Morgan fingerprint density at radius 1 is 0.895 bits per heavy atom. The first-order chi connectivity index (χ1) is 18.4. The summed E-state index contributed by atoms with van der Waals surface area (Å²) in [7, 11) is 0. The molecule has 2 amide bonds. The van der Waals surface area contributed by atoms with Gasteiger partial charge in [-0.3, -0.25) is 19.0 Å². The average molecular weight is 512 g/mol. The maximum atomic E-state index is 13.6. The van der Waals surface area contributed by atoms with Gasteiger partial charge in [0.25, 0.3) is 11.5 Å². The molecule has 0 unspecified atom stereocenters. The maximum Gasteiger partial charge on any atom is 0.336 e. The summed E-state index contributed by atoms with van der Waals surface area (Å²) in [5, 5.41) is 5.40. The van der Waals surface area contributed by atoms with Crippen LogP contribution in [0.3, 0.4) is 0 Å². The van der Waals surface area contributed by atoms with Gasteiger partial charge in [0, 0.05) is 11.3 Å². The van der Waals surface area contributed by atoms with Gasteiger partial charge in [0.1, 0.15) is 18.1 Å². The minimum atomic E-state index is -0.767. The van der Waals surface area contributed by atoms with E-state index in [0.29, 0.717) is 11.4 Å². The van der Waals surface area contributed by atoms with Crippen LogP contribution in [-0.4, -0.2) is 20.9 Å². The number of anilines is 1. The highest BCUT2D eigenvalue weighted by Crippen LogP contribution is 2.15. The number of halogens is 1.